The zero-order chi connectivity index (χ0) is 8.00. The first kappa shape index (κ1) is 43.7. The number of hydrogen-bond donors (Lipinski definition) is 1. The normalized spacial score (nSPS) is 2.40. The molecule has 0 aliphatic carbocycles. The largest absolute Gasteiger partial charge is 0.344 e. The first-order valence-electron chi connectivity index (χ1n) is 4.00. The molecule has 0 aromatic rings. The zero-order valence-electron chi connectivity index (χ0n) is 9.28. The SMILES string of the molecule is CC.CC.CC.CC.N.[Y]. The molecule has 0 saturated carbocycles. The molecular weight excluding hydrogens is 199 g/mol. The second-order valence-corrected chi connectivity index (χ2v) is 0. The molecule has 67 valence electrons. The van der Waals surface area contributed by atoms with E-state index >= 15 is 0 Å². The maximum absolute atomic E-state index is 2.00. The predicted octanol–water partition coefficient (Wildman–Crippen LogP) is 4.26. The van der Waals surface area contributed by atoms with Gasteiger partial charge >= 0.3 is 0 Å². The summed E-state index contributed by atoms with van der Waals surface area (Å²) in [6, 6.07) is 0. The van der Waals surface area contributed by atoms with Gasteiger partial charge in [-0.3, -0.25) is 0 Å². The van der Waals surface area contributed by atoms with Crippen molar-refractivity contribution in [3.05, 3.63) is 0 Å². The first-order valence-corrected chi connectivity index (χ1v) is 4.00. The molecule has 0 aliphatic heterocycles. The number of rotatable bonds is 0. The molecule has 1 radical (unpaired) electrons. The van der Waals surface area contributed by atoms with Gasteiger partial charge in [0.15, 0.2) is 0 Å². The van der Waals surface area contributed by atoms with Crippen molar-refractivity contribution >= 4 is 0 Å². The van der Waals surface area contributed by atoms with Crippen LogP contribution in [0.15, 0.2) is 0 Å². The summed E-state index contributed by atoms with van der Waals surface area (Å²) in [4.78, 5) is 0. The van der Waals surface area contributed by atoms with Crippen LogP contribution in [0.1, 0.15) is 55.4 Å². The Morgan fingerprint density at radius 1 is 0.400 bits per heavy atom. The van der Waals surface area contributed by atoms with Crippen LogP contribution >= 0.6 is 0 Å². The van der Waals surface area contributed by atoms with Crippen LogP contribution in [0.2, 0.25) is 0 Å². The molecule has 0 aromatic heterocycles. The summed E-state index contributed by atoms with van der Waals surface area (Å²) in [5.41, 5.74) is 0. The summed E-state index contributed by atoms with van der Waals surface area (Å²) < 4.78 is 0. The monoisotopic (exact) mass is 226 g/mol. The van der Waals surface area contributed by atoms with E-state index in [0.29, 0.717) is 0 Å². The molecule has 0 atom stereocenters. The van der Waals surface area contributed by atoms with Gasteiger partial charge in [0.1, 0.15) is 0 Å². The van der Waals surface area contributed by atoms with E-state index in [1.165, 1.54) is 0 Å². The van der Waals surface area contributed by atoms with Gasteiger partial charge in [-0.15, -0.1) is 0 Å². The van der Waals surface area contributed by atoms with Crippen molar-refractivity contribution in [2.45, 2.75) is 55.4 Å². The molecule has 0 aliphatic rings. The quantitative estimate of drug-likeness (QED) is 0.657. The second-order valence-electron chi connectivity index (χ2n) is 0. The molecule has 0 bridgehead atoms. The summed E-state index contributed by atoms with van der Waals surface area (Å²) in [6.07, 6.45) is 0. The molecular formula is C8H27NY. The topological polar surface area (TPSA) is 35.0 Å². The van der Waals surface area contributed by atoms with Crippen molar-refractivity contribution in [1.82, 2.24) is 6.15 Å². The van der Waals surface area contributed by atoms with Crippen LogP contribution in [0.4, 0.5) is 0 Å². The summed E-state index contributed by atoms with van der Waals surface area (Å²) in [5, 5.41) is 0. The van der Waals surface area contributed by atoms with Gasteiger partial charge in [-0.2, -0.15) is 0 Å². The second kappa shape index (κ2) is 730. The van der Waals surface area contributed by atoms with Gasteiger partial charge in [0.2, 0.25) is 0 Å². The van der Waals surface area contributed by atoms with Crippen LogP contribution in [0, 0.1) is 0 Å². The Hall–Kier alpha value is 1.06. The summed E-state index contributed by atoms with van der Waals surface area (Å²) in [6.45, 7) is 16.0. The molecule has 0 spiro atoms. The van der Waals surface area contributed by atoms with E-state index in [1.807, 2.05) is 55.4 Å². The van der Waals surface area contributed by atoms with Gasteiger partial charge in [-0.25, -0.2) is 0 Å². The van der Waals surface area contributed by atoms with Crippen molar-refractivity contribution < 1.29 is 32.7 Å². The molecule has 0 aromatic carbocycles. The van der Waals surface area contributed by atoms with Gasteiger partial charge in [-0.05, 0) is 0 Å². The minimum atomic E-state index is 0. The molecule has 2 heteroatoms. The maximum atomic E-state index is 2.00. The molecule has 3 N–H and O–H groups in total. The summed E-state index contributed by atoms with van der Waals surface area (Å²) in [5.74, 6) is 0. The van der Waals surface area contributed by atoms with E-state index in [4.69, 9.17) is 0 Å². The first-order chi connectivity index (χ1) is 4.00. The van der Waals surface area contributed by atoms with Crippen molar-refractivity contribution in [2.24, 2.45) is 0 Å². The van der Waals surface area contributed by atoms with Gasteiger partial charge in [0.25, 0.3) is 0 Å². The van der Waals surface area contributed by atoms with Gasteiger partial charge in [-0.1, -0.05) is 55.4 Å². The van der Waals surface area contributed by atoms with Gasteiger partial charge in [0.05, 0.1) is 0 Å². The van der Waals surface area contributed by atoms with Crippen molar-refractivity contribution in [3.63, 3.8) is 0 Å². The average molecular weight is 226 g/mol. The van der Waals surface area contributed by atoms with Crippen LogP contribution in [-0.2, 0) is 32.7 Å². The Balaban J connectivity index is -0.00000000500. The Labute approximate surface area is 93.8 Å². The molecule has 0 saturated heterocycles. The Morgan fingerprint density at radius 2 is 0.400 bits per heavy atom. The van der Waals surface area contributed by atoms with Crippen LogP contribution in [0.25, 0.3) is 0 Å². The number of hydrogen-bond acceptors (Lipinski definition) is 1. The fourth-order valence-corrected chi connectivity index (χ4v) is 0. The third kappa shape index (κ3) is 521. The zero-order valence-corrected chi connectivity index (χ0v) is 12.1. The molecule has 0 heterocycles. The minimum Gasteiger partial charge on any atom is -0.344 e. The molecule has 1 nitrogen and oxygen atoms in total. The van der Waals surface area contributed by atoms with E-state index in [2.05, 4.69) is 0 Å². The molecule has 0 rings (SSSR count). The van der Waals surface area contributed by atoms with Crippen LogP contribution in [0.5, 0.6) is 0 Å². The molecule has 0 unspecified atom stereocenters. The third-order valence-corrected chi connectivity index (χ3v) is 0. The van der Waals surface area contributed by atoms with E-state index in [-0.39, 0.29) is 38.9 Å². The van der Waals surface area contributed by atoms with Crippen molar-refractivity contribution in [1.29, 1.82) is 0 Å². The van der Waals surface area contributed by atoms with Crippen LogP contribution in [0.3, 0.4) is 0 Å². The van der Waals surface area contributed by atoms with Gasteiger partial charge < -0.3 is 6.15 Å². The average Bonchev–Trinajstić information content (AvgIpc) is 2.03. The molecule has 0 amide bonds. The Morgan fingerprint density at radius 3 is 0.400 bits per heavy atom. The van der Waals surface area contributed by atoms with E-state index < -0.39 is 0 Å². The standard InChI is InChI=1S/4C2H6.H3N.Y/c4*1-2;;/h4*1-2H3;1H3;. The Kier molecular flexibility index (Phi) is 3190. The van der Waals surface area contributed by atoms with E-state index in [9.17, 15) is 0 Å². The van der Waals surface area contributed by atoms with Gasteiger partial charge in [0, 0.05) is 32.7 Å². The van der Waals surface area contributed by atoms with Crippen LogP contribution < -0.4 is 6.15 Å². The summed E-state index contributed by atoms with van der Waals surface area (Å²) >= 11 is 0. The Bertz CT molecular complexity index is 9.22. The van der Waals surface area contributed by atoms with Crippen molar-refractivity contribution in [2.75, 3.05) is 0 Å². The summed E-state index contributed by atoms with van der Waals surface area (Å²) in [7, 11) is 0. The van der Waals surface area contributed by atoms with Crippen LogP contribution in [-0.4, -0.2) is 0 Å². The van der Waals surface area contributed by atoms with E-state index in [0.717, 1.165) is 0 Å². The maximum Gasteiger partial charge on any atom is 0 e. The van der Waals surface area contributed by atoms with Crippen molar-refractivity contribution in [3.8, 4) is 0 Å². The smallest absolute Gasteiger partial charge is 0 e. The molecule has 10 heavy (non-hydrogen) atoms. The fourth-order valence-electron chi connectivity index (χ4n) is 0. The fraction of sp³-hybridized carbons (Fsp3) is 1.00. The van der Waals surface area contributed by atoms with E-state index in [1.54, 1.807) is 0 Å². The minimum absolute atomic E-state index is 0. The molecule has 0 fully saturated rings. The third-order valence-electron chi connectivity index (χ3n) is 0. The predicted molar refractivity (Wildman–Crippen MR) is 50.4 cm³/mol.